The first kappa shape index (κ1) is 10.2. The lowest BCUT2D eigenvalue weighted by molar-refractivity contribution is 0.675. The quantitative estimate of drug-likeness (QED) is 0.780. The summed E-state index contributed by atoms with van der Waals surface area (Å²) < 4.78 is 2.14. The molecule has 1 atom stereocenters. The van der Waals surface area contributed by atoms with Gasteiger partial charge in [-0.1, -0.05) is 42.4 Å². The molecule has 1 aromatic carbocycles. The van der Waals surface area contributed by atoms with Crippen molar-refractivity contribution in [3.05, 3.63) is 29.3 Å². The van der Waals surface area contributed by atoms with Gasteiger partial charge in [-0.2, -0.15) is 0 Å². The lowest BCUT2D eigenvalue weighted by Crippen LogP contribution is -2.02. The van der Waals surface area contributed by atoms with Gasteiger partial charge in [-0.3, -0.25) is 0 Å². The molecule has 0 N–H and O–H groups in total. The molecule has 0 spiro atoms. The van der Waals surface area contributed by atoms with Crippen molar-refractivity contribution in [2.75, 3.05) is 0 Å². The van der Waals surface area contributed by atoms with Crippen molar-refractivity contribution < 1.29 is 0 Å². The fourth-order valence-electron chi connectivity index (χ4n) is 1.86. The Kier molecular flexibility index (Phi) is 2.41. The van der Waals surface area contributed by atoms with Crippen LogP contribution in [0.2, 0.25) is 5.02 Å². The minimum Gasteiger partial charge on any atom is -0.301 e. The molecular formula is C11H10ClN3S. The van der Waals surface area contributed by atoms with Gasteiger partial charge in [-0.25, -0.2) is 0 Å². The highest BCUT2D eigenvalue weighted by molar-refractivity contribution is 7.99. The molecule has 1 aliphatic heterocycles. The molecule has 0 aliphatic carbocycles. The summed E-state index contributed by atoms with van der Waals surface area (Å²) in [6.07, 6.45) is 0. The molecule has 3 nitrogen and oxygen atoms in total. The number of hydrogen-bond acceptors (Lipinski definition) is 3. The molecule has 0 amide bonds. The largest absolute Gasteiger partial charge is 0.301 e. The Morgan fingerprint density at radius 1 is 1.38 bits per heavy atom. The van der Waals surface area contributed by atoms with Gasteiger partial charge in [0.2, 0.25) is 0 Å². The van der Waals surface area contributed by atoms with Crippen molar-refractivity contribution in [3.8, 4) is 11.4 Å². The highest BCUT2D eigenvalue weighted by atomic mass is 35.5. The SMILES string of the molecule is CC1Cn2c(nnc2-c2ccccc2Cl)S1. The van der Waals surface area contributed by atoms with Crippen LogP contribution in [0.1, 0.15) is 6.92 Å². The van der Waals surface area contributed by atoms with Crippen LogP contribution in [0.3, 0.4) is 0 Å². The van der Waals surface area contributed by atoms with Gasteiger partial charge in [0.1, 0.15) is 0 Å². The Hall–Kier alpha value is -1.000. The van der Waals surface area contributed by atoms with Crippen molar-refractivity contribution in [1.82, 2.24) is 14.8 Å². The molecule has 5 heteroatoms. The summed E-state index contributed by atoms with van der Waals surface area (Å²) in [5.74, 6) is 0.873. The molecule has 3 rings (SSSR count). The lowest BCUT2D eigenvalue weighted by atomic mass is 10.2. The highest BCUT2D eigenvalue weighted by Crippen LogP contribution is 2.35. The molecule has 0 saturated heterocycles. The van der Waals surface area contributed by atoms with Gasteiger partial charge in [0.05, 0.1) is 5.02 Å². The molecule has 0 bridgehead atoms. The van der Waals surface area contributed by atoms with E-state index in [4.69, 9.17) is 11.6 Å². The van der Waals surface area contributed by atoms with Crippen molar-refractivity contribution >= 4 is 23.4 Å². The first-order chi connectivity index (χ1) is 7.75. The average molecular weight is 252 g/mol. The lowest BCUT2D eigenvalue weighted by Gasteiger charge is -2.05. The summed E-state index contributed by atoms with van der Waals surface area (Å²) in [5, 5.41) is 10.7. The predicted octanol–water partition coefficient (Wildman–Crippen LogP) is 3.09. The molecular weight excluding hydrogens is 242 g/mol. The van der Waals surface area contributed by atoms with E-state index in [-0.39, 0.29) is 0 Å². The van der Waals surface area contributed by atoms with Crippen LogP contribution in [0.25, 0.3) is 11.4 Å². The molecule has 1 aromatic heterocycles. The number of aromatic nitrogens is 3. The third-order valence-electron chi connectivity index (χ3n) is 2.58. The van der Waals surface area contributed by atoms with Gasteiger partial charge in [0, 0.05) is 17.4 Å². The summed E-state index contributed by atoms with van der Waals surface area (Å²) in [6.45, 7) is 3.14. The third kappa shape index (κ3) is 1.53. The van der Waals surface area contributed by atoms with E-state index in [1.807, 2.05) is 24.3 Å². The maximum Gasteiger partial charge on any atom is 0.191 e. The Balaban J connectivity index is 2.12. The molecule has 0 radical (unpaired) electrons. The fraction of sp³-hybridized carbons (Fsp3) is 0.273. The number of halogens is 1. The van der Waals surface area contributed by atoms with Gasteiger partial charge >= 0.3 is 0 Å². The second-order valence-corrected chi connectivity index (χ2v) is 5.64. The summed E-state index contributed by atoms with van der Waals surface area (Å²) in [7, 11) is 0. The highest BCUT2D eigenvalue weighted by Gasteiger charge is 2.24. The van der Waals surface area contributed by atoms with Crippen LogP contribution in [0.4, 0.5) is 0 Å². The Morgan fingerprint density at radius 3 is 3.00 bits per heavy atom. The Labute approximate surface area is 103 Å². The van der Waals surface area contributed by atoms with Crippen LogP contribution in [-0.4, -0.2) is 20.0 Å². The third-order valence-corrected chi connectivity index (χ3v) is 3.97. The molecule has 0 fully saturated rings. The first-order valence-corrected chi connectivity index (χ1v) is 6.36. The minimum atomic E-state index is 0.562. The van der Waals surface area contributed by atoms with E-state index in [0.717, 1.165) is 28.1 Å². The van der Waals surface area contributed by atoms with Crippen molar-refractivity contribution in [3.63, 3.8) is 0 Å². The van der Waals surface area contributed by atoms with Crippen LogP contribution in [0.5, 0.6) is 0 Å². The predicted molar refractivity (Wildman–Crippen MR) is 65.8 cm³/mol. The van der Waals surface area contributed by atoms with E-state index in [0.29, 0.717) is 5.25 Å². The molecule has 1 aliphatic rings. The summed E-state index contributed by atoms with van der Waals surface area (Å²) >= 11 is 7.92. The van der Waals surface area contributed by atoms with Crippen LogP contribution < -0.4 is 0 Å². The number of hydrogen-bond donors (Lipinski definition) is 0. The van der Waals surface area contributed by atoms with Crippen molar-refractivity contribution in [2.24, 2.45) is 0 Å². The zero-order chi connectivity index (χ0) is 11.1. The number of benzene rings is 1. The zero-order valence-electron chi connectivity index (χ0n) is 8.72. The normalized spacial score (nSPS) is 18.8. The monoisotopic (exact) mass is 251 g/mol. The Morgan fingerprint density at radius 2 is 2.19 bits per heavy atom. The molecule has 82 valence electrons. The number of rotatable bonds is 1. The number of nitrogens with zero attached hydrogens (tertiary/aromatic N) is 3. The molecule has 1 unspecified atom stereocenters. The number of fused-ring (bicyclic) bond motifs is 1. The number of thioether (sulfide) groups is 1. The minimum absolute atomic E-state index is 0.562. The fourth-order valence-corrected chi connectivity index (χ4v) is 3.04. The average Bonchev–Trinajstić information content (AvgIpc) is 2.78. The molecule has 2 heterocycles. The summed E-state index contributed by atoms with van der Waals surface area (Å²) in [4.78, 5) is 0. The topological polar surface area (TPSA) is 30.7 Å². The van der Waals surface area contributed by atoms with Gasteiger partial charge in [-0.15, -0.1) is 10.2 Å². The van der Waals surface area contributed by atoms with Crippen LogP contribution >= 0.6 is 23.4 Å². The molecule has 2 aromatic rings. The van der Waals surface area contributed by atoms with Crippen LogP contribution in [0, 0.1) is 0 Å². The van der Waals surface area contributed by atoms with E-state index in [9.17, 15) is 0 Å². The Bertz CT molecular complexity index is 538. The van der Waals surface area contributed by atoms with Crippen LogP contribution in [0.15, 0.2) is 29.4 Å². The van der Waals surface area contributed by atoms with Crippen molar-refractivity contribution in [1.29, 1.82) is 0 Å². The van der Waals surface area contributed by atoms with E-state index in [1.54, 1.807) is 11.8 Å². The van der Waals surface area contributed by atoms with Gasteiger partial charge in [0.15, 0.2) is 11.0 Å². The van der Waals surface area contributed by atoms with Crippen molar-refractivity contribution in [2.45, 2.75) is 23.9 Å². The molecule has 16 heavy (non-hydrogen) atoms. The standard InChI is InChI=1S/C11H10ClN3S/c1-7-6-15-10(13-14-11(15)16-7)8-4-2-3-5-9(8)12/h2-5,7H,6H2,1H3. The zero-order valence-corrected chi connectivity index (χ0v) is 10.3. The van der Waals surface area contributed by atoms with Crippen LogP contribution in [-0.2, 0) is 6.54 Å². The van der Waals surface area contributed by atoms with Gasteiger partial charge in [0.25, 0.3) is 0 Å². The summed E-state index contributed by atoms with van der Waals surface area (Å²) in [6, 6.07) is 7.75. The smallest absolute Gasteiger partial charge is 0.191 e. The van der Waals surface area contributed by atoms with E-state index in [1.165, 1.54) is 0 Å². The maximum atomic E-state index is 6.17. The maximum absolute atomic E-state index is 6.17. The van der Waals surface area contributed by atoms with E-state index < -0.39 is 0 Å². The first-order valence-electron chi connectivity index (χ1n) is 5.10. The molecule has 0 saturated carbocycles. The summed E-state index contributed by atoms with van der Waals surface area (Å²) in [5.41, 5.74) is 0.956. The van der Waals surface area contributed by atoms with E-state index in [2.05, 4.69) is 21.7 Å². The van der Waals surface area contributed by atoms with Gasteiger partial charge < -0.3 is 4.57 Å². The van der Waals surface area contributed by atoms with Gasteiger partial charge in [-0.05, 0) is 12.1 Å². The second-order valence-electron chi connectivity index (χ2n) is 3.83. The second kappa shape index (κ2) is 3.79. The van der Waals surface area contributed by atoms with E-state index >= 15 is 0 Å².